The SMILES string of the molecule is CCc1cc2c(cc1CC)CC(NCC(O)c1ccc(OCc3ccccc3)c3ncccc13)C2. The lowest BCUT2D eigenvalue weighted by atomic mass is 9.97. The largest absolute Gasteiger partial charge is 0.487 e. The molecule has 4 heteroatoms. The molecule has 0 saturated heterocycles. The first-order chi connectivity index (χ1) is 17.2. The van der Waals surface area contributed by atoms with Crippen molar-refractivity contribution in [2.24, 2.45) is 0 Å². The van der Waals surface area contributed by atoms with Crippen LogP contribution in [0.1, 0.15) is 53.3 Å². The second kappa shape index (κ2) is 10.6. The van der Waals surface area contributed by atoms with Crippen LogP contribution in [0, 0.1) is 0 Å². The fraction of sp³-hybridized carbons (Fsp3) is 0.323. The normalized spacial score (nSPS) is 14.3. The molecule has 1 aliphatic carbocycles. The Kier molecular flexibility index (Phi) is 7.12. The second-order valence-corrected chi connectivity index (χ2v) is 9.45. The number of fused-ring (bicyclic) bond motifs is 2. The van der Waals surface area contributed by atoms with E-state index in [-0.39, 0.29) is 0 Å². The summed E-state index contributed by atoms with van der Waals surface area (Å²) >= 11 is 0. The molecule has 180 valence electrons. The molecule has 0 radical (unpaired) electrons. The van der Waals surface area contributed by atoms with Gasteiger partial charge in [0, 0.05) is 24.2 Å². The van der Waals surface area contributed by atoms with Crippen molar-refractivity contribution >= 4 is 10.9 Å². The average Bonchev–Trinajstić information content (AvgIpc) is 3.31. The number of aliphatic hydroxyl groups is 1. The lowest BCUT2D eigenvalue weighted by Crippen LogP contribution is -2.33. The summed E-state index contributed by atoms with van der Waals surface area (Å²) in [5.41, 5.74) is 8.64. The first-order valence-corrected chi connectivity index (χ1v) is 12.8. The second-order valence-electron chi connectivity index (χ2n) is 9.45. The van der Waals surface area contributed by atoms with Crippen molar-refractivity contribution in [3.8, 4) is 5.75 Å². The van der Waals surface area contributed by atoms with Gasteiger partial charge in [0.2, 0.25) is 0 Å². The van der Waals surface area contributed by atoms with Crippen LogP contribution in [-0.2, 0) is 32.3 Å². The number of rotatable bonds is 9. The minimum absolute atomic E-state index is 0.356. The van der Waals surface area contributed by atoms with Crippen molar-refractivity contribution in [1.82, 2.24) is 10.3 Å². The van der Waals surface area contributed by atoms with Crippen LogP contribution >= 0.6 is 0 Å². The van der Waals surface area contributed by atoms with E-state index in [1.54, 1.807) is 6.20 Å². The van der Waals surface area contributed by atoms with Crippen LogP contribution in [0.2, 0.25) is 0 Å². The molecule has 1 atom stereocenters. The van der Waals surface area contributed by atoms with Crippen molar-refractivity contribution < 1.29 is 9.84 Å². The van der Waals surface area contributed by atoms with Gasteiger partial charge in [-0.25, -0.2) is 0 Å². The summed E-state index contributed by atoms with van der Waals surface area (Å²) in [5.74, 6) is 0.734. The molecule has 35 heavy (non-hydrogen) atoms. The summed E-state index contributed by atoms with van der Waals surface area (Å²) in [5, 5.41) is 15.7. The maximum absolute atomic E-state index is 11.1. The van der Waals surface area contributed by atoms with E-state index in [9.17, 15) is 5.11 Å². The molecule has 0 spiro atoms. The number of pyridine rings is 1. The van der Waals surface area contributed by atoms with Crippen molar-refractivity contribution in [2.45, 2.75) is 58.3 Å². The van der Waals surface area contributed by atoms with Crippen LogP contribution in [0.3, 0.4) is 0 Å². The van der Waals surface area contributed by atoms with E-state index < -0.39 is 6.10 Å². The van der Waals surface area contributed by atoms with Gasteiger partial charge in [-0.3, -0.25) is 4.98 Å². The van der Waals surface area contributed by atoms with Gasteiger partial charge in [0.05, 0.1) is 6.10 Å². The van der Waals surface area contributed by atoms with E-state index in [0.717, 1.165) is 53.5 Å². The van der Waals surface area contributed by atoms with E-state index >= 15 is 0 Å². The summed E-state index contributed by atoms with van der Waals surface area (Å²) in [7, 11) is 0. The smallest absolute Gasteiger partial charge is 0.146 e. The summed E-state index contributed by atoms with van der Waals surface area (Å²) < 4.78 is 6.10. The Morgan fingerprint density at radius 3 is 2.34 bits per heavy atom. The molecule has 2 N–H and O–H groups in total. The van der Waals surface area contributed by atoms with Crippen LogP contribution in [0.5, 0.6) is 5.75 Å². The van der Waals surface area contributed by atoms with Crippen molar-refractivity contribution in [2.75, 3.05) is 6.54 Å². The van der Waals surface area contributed by atoms with E-state index in [2.05, 4.69) is 36.3 Å². The van der Waals surface area contributed by atoms with Gasteiger partial charge in [0.1, 0.15) is 17.9 Å². The predicted molar refractivity (Wildman–Crippen MR) is 142 cm³/mol. The maximum atomic E-state index is 11.1. The molecule has 1 unspecified atom stereocenters. The molecule has 0 saturated carbocycles. The van der Waals surface area contributed by atoms with Crippen LogP contribution in [0.4, 0.5) is 0 Å². The Labute approximate surface area is 208 Å². The molecule has 1 aliphatic rings. The minimum Gasteiger partial charge on any atom is -0.487 e. The first-order valence-electron chi connectivity index (χ1n) is 12.8. The number of nitrogens with one attached hydrogen (secondary N) is 1. The van der Waals surface area contributed by atoms with Crippen LogP contribution in [0.25, 0.3) is 10.9 Å². The van der Waals surface area contributed by atoms with Gasteiger partial charge in [-0.2, -0.15) is 0 Å². The maximum Gasteiger partial charge on any atom is 0.146 e. The quantitative estimate of drug-likeness (QED) is 0.331. The van der Waals surface area contributed by atoms with E-state index in [4.69, 9.17) is 4.74 Å². The number of hydrogen-bond acceptors (Lipinski definition) is 4. The fourth-order valence-electron chi connectivity index (χ4n) is 5.28. The van der Waals surface area contributed by atoms with Gasteiger partial charge in [0.25, 0.3) is 0 Å². The van der Waals surface area contributed by atoms with Gasteiger partial charge < -0.3 is 15.2 Å². The Balaban J connectivity index is 1.27. The number of ether oxygens (including phenoxy) is 1. The molecule has 0 bridgehead atoms. The highest BCUT2D eigenvalue weighted by molar-refractivity contribution is 5.87. The van der Waals surface area contributed by atoms with E-state index in [1.165, 1.54) is 22.3 Å². The predicted octanol–water partition coefficient (Wildman–Crippen LogP) is 5.73. The summed E-state index contributed by atoms with van der Waals surface area (Å²) in [4.78, 5) is 4.58. The molecule has 3 aromatic carbocycles. The highest BCUT2D eigenvalue weighted by Crippen LogP contribution is 2.31. The third kappa shape index (κ3) is 5.09. The van der Waals surface area contributed by atoms with Gasteiger partial charge >= 0.3 is 0 Å². The lowest BCUT2D eigenvalue weighted by Gasteiger charge is -2.19. The summed E-state index contributed by atoms with van der Waals surface area (Å²) in [6.45, 7) is 5.46. The van der Waals surface area contributed by atoms with Crippen LogP contribution < -0.4 is 10.1 Å². The molecule has 4 nitrogen and oxygen atoms in total. The van der Waals surface area contributed by atoms with Gasteiger partial charge in [-0.15, -0.1) is 0 Å². The highest BCUT2D eigenvalue weighted by atomic mass is 16.5. The van der Waals surface area contributed by atoms with Crippen molar-refractivity contribution in [1.29, 1.82) is 0 Å². The van der Waals surface area contributed by atoms with E-state index in [1.807, 2.05) is 54.6 Å². The monoisotopic (exact) mass is 466 g/mol. The zero-order valence-electron chi connectivity index (χ0n) is 20.6. The Bertz CT molecular complexity index is 1270. The zero-order valence-corrected chi connectivity index (χ0v) is 20.6. The third-order valence-corrected chi connectivity index (χ3v) is 7.18. The van der Waals surface area contributed by atoms with Gasteiger partial charge in [-0.05, 0) is 71.2 Å². The van der Waals surface area contributed by atoms with Gasteiger partial charge in [0.15, 0.2) is 0 Å². The lowest BCUT2D eigenvalue weighted by molar-refractivity contribution is 0.171. The van der Waals surface area contributed by atoms with Crippen molar-refractivity contribution in [3.05, 3.63) is 106 Å². The first kappa shape index (κ1) is 23.5. The molecular weight excluding hydrogens is 432 g/mol. The highest BCUT2D eigenvalue weighted by Gasteiger charge is 2.24. The molecule has 1 heterocycles. The Morgan fingerprint density at radius 2 is 1.66 bits per heavy atom. The average molecular weight is 467 g/mol. The zero-order chi connectivity index (χ0) is 24.2. The molecule has 4 aromatic rings. The molecular formula is C31H34N2O2. The Morgan fingerprint density at radius 1 is 0.943 bits per heavy atom. The number of aromatic nitrogens is 1. The van der Waals surface area contributed by atoms with Crippen molar-refractivity contribution in [3.63, 3.8) is 0 Å². The number of aryl methyl sites for hydroxylation is 2. The molecule has 0 amide bonds. The number of aliphatic hydroxyl groups excluding tert-OH is 1. The number of benzene rings is 3. The number of hydrogen-bond donors (Lipinski definition) is 2. The third-order valence-electron chi connectivity index (χ3n) is 7.18. The van der Waals surface area contributed by atoms with Crippen LogP contribution in [-0.4, -0.2) is 22.7 Å². The fourth-order valence-corrected chi connectivity index (χ4v) is 5.28. The standard InChI is InChI=1S/C31H34N2O2/c1-3-22-15-24-17-26(18-25(24)16-23(22)4-2)33-19-29(34)27-12-13-30(31-28(27)11-8-14-32-31)35-20-21-9-6-5-7-10-21/h5-16,26,29,33-34H,3-4,17-20H2,1-2H3. The van der Waals surface area contributed by atoms with Crippen LogP contribution in [0.15, 0.2) is 72.9 Å². The summed E-state index contributed by atoms with van der Waals surface area (Å²) in [6.07, 6.45) is 5.36. The minimum atomic E-state index is -0.619. The summed E-state index contributed by atoms with van der Waals surface area (Å²) in [6, 6.07) is 23.1. The van der Waals surface area contributed by atoms with E-state index in [0.29, 0.717) is 19.2 Å². The molecule has 0 aliphatic heterocycles. The topological polar surface area (TPSA) is 54.4 Å². The molecule has 1 aromatic heterocycles. The molecule has 5 rings (SSSR count). The number of nitrogens with zero attached hydrogens (tertiary/aromatic N) is 1. The van der Waals surface area contributed by atoms with Gasteiger partial charge in [-0.1, -0.05) is 68.4 Å². The Hall–Kier alpha value is -3.21. The molecule has 0 fully saturated rings.